The summed E-state index contributed by atoms with van der Waals surface area (Å²) in [5.41, 5.74) is 0.736. The summed E-state index contributed by atoms with van der Waals surface area (Å²) >= 11 is 0. The molecule has 0 fully saturated rings. The van der Waals surface area contributed by atoms with Gasteiger partial charge in [-0.15, -0.1) is 0 Å². The average Bonchev–Trinajstić information content (AvgIpc) is 3.07. The molecule has 0 bridgehead atoms. The summed E-state index contributed by atoms with van der Waals surface area (Å²) in [5, 5.41) is 59.0. The summed E-state index contributed by atoms with van der Waals surface area (Å²) in [7, 11) is 0. The molecule has 6 heteroatoms. The third-order valence-corrected chi connectivity index (χ3v) is 4.50. The lowest BCUT2D eigenvalue weighted by molar-refractivity contribution is 0.365. The van der Waals surface area contributed by atoms with Gasteiger partial charge in [0.15, 0.2) is 23.0 Å². The fourth-order valence-electron chi connectivity index (χ4n) is 3.33. The van der Waals surface area contributed by atoms with Crippen molar-refractivity contribution in [2.75, 3.05) is 0 Å². The number of phenolic OH excluding ortho intramolecular Hbond substituents is 6. The van der Waals surface area contributed by atoms with Crippen LogP contribution in [0.4, 0.5) is 0 Å². The zero-order chi connectivity index (χ0) is 16.5. The Morgan fingerprint density at radius 1 is 0.565 bits per heavy atom. The van der Waals surface area contributed by atoms with Crippen molar-refractivity contribution in [3.05, 3.63) is 46.5 Å². The lowest BCUT2D eigenvalue weighted by Crippen LogP contribution is -2.18. The number of benzene rings is 2. The average molecular weight is 312 g/mol. The van der Waals surface area contributed by atoms with Crippen LogP contribution in [0.15, 0.2) is 24.3 Å². The zero-order valence-corrected chi connectivity index (χ0v) is 11.6. The molecule has 0 saturated heterocycles. The summed E-state index contributed by atoms with van der Waals surface area (Å²) in [5.74, 6) is -3.05. The van der Waals surface area contributed by atoms with E-state index in [1.54, 1.807) is 24.3 Å². The molecule has 4 rings (SSSR count). The molecule has 23 heavy (non-hydrogen) atoms. The van der Waals surface area contributed by atoms with E-state index in [0.29, 0.717) is 22.3 Å². The molecule has 116 valence electrons. The predicted octanol–water partition coefficient (Wildman–Crippen LogP) is 2.26. The van der Waals surface area contributed by atoms with E-state index in [4.69, 9.17) is 0 Å². The van der Waals surface area contributed by atoms with Gasteiger partial charge in [0.25, 0.3) is 0 Å². The zero-order valence-electron chi connectivity index (χ0n) is 11.6. The molecule has 0 radical (unpaired) electrons. The number of aromatic hydroxyl groups is 6. The third-order valence-electron chi connectivity index (χ3n) is 4.50. The highest BCUT2D eigenvalue weighted by atomic mass is 16.3. The first-order chi connectivity index (χ1) is 10.9. The van der Waals surface area contributed by atoms with Crippen molar-refractivity contribution in [1.82, 2.24) is 0 Å². The number of hydrogen-bond donors (Lipinski definition) is 6. The Morgan fingerprint density at radius 3 is 1.35 bits per heavy atom. The van der Waals surface area contributed by atoms with Crippen LogP contribution in [-0.4, -0.2) is 30.6 Å². The Hall–Kier alpha value is -3.28. The van der Waals surface area contributed by atoms with Gasteiger partial charge < -0.3 is 30.6 Å². The van der Waals surface area contributed by atoms with Gasteiger partial charge in [0.05, 0.1) is 5.41 Å². The summed E-state index contributed by atoms with van der Waals surface area (Å²) in [6, 6.07) is 2.65. The Labute approximate surface area is 130 Å². The van der Waals surface area contributed by atoms with Crippen LogP contribution in [0.25, 0.3) is 12.2 Å². The van der Waals surface area contributed by atoms with Crippen molar-refractivity contribution in [1.29, 1.82) is 0 Å². The lowest BCUT2D eigenvalue weighted by Gasteiger charge is -2.25. The summed E-state index contributed by atoms with van der Waals surface area (Å²) < 4.78 is 0. The van der Waals surface area contributed by atoms with Crippen LogP contribution in [0.2, 0.25) is 0 Å². The summed E-state index contributed by atoms with van der Waals surface area (Å²) in [4.78, 5) is 0. The minimum absolute atomic E-state index is 0.338. The summed E-state index contributed by atoms with van der Waals surface area (Å²) in [6.07, 6.45) is 6.61. The quantitative estimate of drug-likeness (QED) is 0.415. The van der Waals surface area contributed by atoms with Gasteiger partial charge in [-0.3, -0.25) is 0 Å². The topological polar surface area (TPSA) is 121 Å². The highest BCUT2D eigenvalue weighted by Crippen LogP contribution is 2.56. The maximum atomic E-state index is 10.0. The second kappa shape index (κ2) is 3.92. The second-order valence-corrected chi connectivity index (χ2v) is 5.64. The van der Waals surface area contributed by atoms with Crippen molar-refractivity contribution in [2.24, 2.45) is 0 Å². The SMILES string of the molecule is Oc1cc2c(c(O)c1O)C=CC21C=Cc2c1cc(O)c(O)c2O. The van der Waals surface area contributed by atoms with Crippen LogP contribution in [0.5, 0.6) is 34.5 Å². The molecule has 0 aliphatic heterocycles. The monoisotopic (exact) mass is 312 g/mol. The van der Waals surface area contributed by atoms with E-state index in [1.165, 1.54) is 12.1 Å². The number of rotatable bonds is 0. The van der Waals surface area contributed by atoms with Crippen molar-refractivity contribution in [3.63, 3.8) is 0 Å². The molecule has 0 amide bonds. The Morgan fingerprint density at radius 2 is 0.957 bits per heavy atom. The van der Waals surface area contributed by atoms with Crippen molar-refractivity contribution in [3.8, 4) is 34.5 Å². The minimum Gasteiger partial charge on any atom is -0.504 e. The van der Waals surface area contributed by atoms with Crippen LogP contribution in [-0.2, 0) is 5.41 Å². The van der Waals surface area contributed by atoms with Crippen LogP contribution in [0.3, 0.4) is 0 Å². The van der Waals surface area contributed by atoms with Crippen molar-refractivity contribution in [2.45, 2.75) is 5.41 Å². The highest BCUT2D eigenvalue weighted by Gasteiger charge is 2.42. The van der Waals surface area contributed by atoms with Crippen molar-refractivity contribution < 1.29 is 30.6 Å². The Kier molecular flexibility index (Phi) is 2.28. The third kappa shape index (κ3) is 1.42. The standard InChI is InChI=1S/C17H12O6/c18-11-5-9-7(13(20)15(11)22)1-3-17(9)4-2-8-10(17)6-12(19)16(23)14(8)21/h1-6,18-23H. The van der Waals surface area contributed by atoms with E-state index in [1.807, 2.05) is 0 Å². The smallest absolute Gasteiger partial charge is 0.200 e. The van der Waals surface area contributed by atoms with Gasteiger partial charge in [-0.2, -0.15) is 0 Å². The molecule has 6 nitrogen and oxygen atoms in total. The lowest BCUT2D eigenvalue weighted by atomic mass is 9.77. The van der Waals surface area contributed by atoms with Gasteiger partial charge in [-0.05, 0) is 23.3 Å². The minimum atomic E-state index is -0.921. The van der Waals surface area contributed by atoms with E-state index in [0.717, 1.165) is 0 Å². The molecule has 0 atom stereocenters. The molecule has 2 aliphatic rings. The molecule has 0 heterocycles. The van der Waals surface area contributed by atoms with E-state index in [2.05, 4.69) is 0 Å². The Balaban J connectivity index is 2.05. The van der Waals surface area contributed by atoms with Crippen molar-refractivity contribution >= 4 is 12.2 Å². The normalized spacial score (nSPS) is 16.0. The first-order valence-electron chi connectivity index (χ1n) is 6.82. The van der Waals surface area contributed by atoms with Gasteiger partial charge in [0.2, 0.25) is 11.5 Å². The fraction of sp³-hybridized carbons (Fsp3) is 0.0588. The van der Waals surface area contributed by atoms with Gasteiger partial charge in [-0.1, -0.05) is 24.3 Å². The van der Waals surface area contributed by atoms with Gasteiger partial charge in [0, 0.05) is 11.1 Å². The molecule has 0 saturated carbocycles. The molecule has 2 aromatic rings. The maximum absolute atomic E-state index is 10.0. The number of phenols is 6. The van der Waals surface area contributed by atoms with Gasteiger partial charge >= 0.3 is 0 Å². The van der Waals surface area contributed by atoms with E-state index in [9.17, 15) is 30.6 Å². The van der Waals surface area contributed by atoms with Crippen LogP contribution in [0.1, 0.15) is 22.3 Å². The molecule has 2 aliphatic carbocycles. The molecule has 1 spiro atoms. The summed E-state index contributed by atoms with van der Waals surface area (Å²) in [6.45, 7) is 0. The second-order valence-electron chi connectivity index (χ2n) is 5.64. The molecule has 0 unspecified atom stereocenters. The molecular formula is C17H12O6. The molecule has 0 aromatic heterocycles. The molecular weight excluding hydrogens is 300 g/mol. The maximum Gasteiger partial charge on any atom is 0.200 e. The van der Waals surface area contributed by atoms with Gasteiger partial charge in [-0.25, -0.2) is 0 Å². The molecule has 6 N–H and O–H groups in total. The molecule has 2 aromatic carbocycles. The first kappa shape index (κ1) is 13.4. The number of allylic oxidation sites excluding steroid dienone is 2. The number of hydrogen-bond acceptors (Lipinski definition) is 6. The highest BCUT2D eigenvalue weighted by molar-refractivity contribution is 5.86. The number of fused-ring (bicyclic) bond motifs is 4. The van der Waals surface area contributed by atoms with E-state index < -0.39 is 39.9 Å². The van der Waals surface area contributed by atoms with Gasteiger partial charge in [0.1, 0.15) is 0 Å². The largest absolute Gasteiger partial charge is 0.504 e. The van der Waals surface area contributed by atoms with Crippen LogP contribution in [0, 0.1) is 0 Å². The Bertz CT molecular complexity index is 862. The first-order valence-corrected chi connectivity index (χ1v) is 6.82. The van der Waals surface area contributed by atoms with Crippen LogP contribution >= 0.6 is 0 Å². The van der Waals surface area contributed by atoms with Crippen LogP contribution < -0.4 is 0 Å². The van der Waals surface area contributed by atoms with E-state index >= 15 is 0 Å². The fourth-order valence-corrected chi connectivity index (χ4v) is 3.33. The predicted molar refractivity (Wildman–Crippen MR) is 81.7 cm³/mol. The van der Waals surface area contributed by atoms with E-state index in [-0.39, 0.29) is 0 Å².